The summed E-state index contributed by atoms with van der Waals surface area (Å²) in [5.74, 6) is 6.28. The van der Waals surface area contributed by atoms with Crippen LogP contribution in [0.1, 0.15) is 47.6 Å². The van der Waals surface area contributed by atoms with Crippen LogP contribution in [0.2, 0.25) is 0 Å². The van der Waals surface area contributed by atoms with Crippen molar-refractivity contribution in [1.82, 2.24) is 5.43 Å². The SMILES string of the molecule is Cc1oc(C(=O)NN)cc1COCC1CCCC1. The quantitative estimate of drug-likeness (QED) is 0.476. The van der Waals surface area contributed by atoms with Crippen LogP contribution in [0.25, 0.3) is 0 Å². The molecule has 1 aliphatic rings. The van der Waals surface area contributed by atoms with Crippen LogP contribution in [-0.4, -0.2) is 12.5 Å². The lowest BCUT2D eigenvalue weighted by molar-refractivity contribution is 0.0880. The van der Waals surface area contributed by atoms with Crippen LogP contribution in [0.15, 0.2) is 10.5 Å². The largest absolute Gasteiger partial charge is 0.456 e. The molecule has 0 bridgehead atoms. The highest BCUT2D eigenvalue weighted by atomic mass is 16.5. The van der Waals surface area contributed by atoms with Crippen LogP contribution < -0.4 is 11.3 Å². The van der Waals surface area contributed by atoms with Crippen LogP contribution in [-0.2, 0) is 11.3 Å². The number of aryl methyl sites for hydroxylation is 1. The summed E-state index contributed by atoms with van der Waals surface area (Å²) in [7, 11) is 0. The molecule has 100 valence electrons. The minimum absolute atomic E-state index is 0.231. The Bertz CT molecular complexity index is 408. The second-order valence-corrected chi connectivity index (χ2v) is 4.83. The van der Waals surface area contributed by atoms with Crippen LogP contribution in [0.4, 0.5) is 0 Å². The third kappa shape index (κ3) is 3.11. The van der Waals surface area contributed by atoms with Gasteiger partial charge in [-0.05, 0) is 31.7 Å². The molecule has 0 aliphatic heterocycles. The summed E-state index contributed by atoms with van der Waals surface area (Å²) in [5.41, 5.74) is 2.96. The predicted molar refractivity (Wildman–Crippen MR) is 66.7 cm³/mol. The Labute approximate surface area is 107 Å². The molecule has 1 aliphatic carbocycles. The van der Waals surface area contributed by atoms with E-state index < -0.39 is 5.91 Å². The first kappa shape index (κ1) is 13.1. The number of ether oxygens (including phenoxy) is 1. The fourth-order valence-corrected chi connectivity index (χ4v) is 2.36. The lowest BCUT2D eigenvalue weighted by atomic mass is 10.1. The van der Waals surface area contributed by atoms with E-state index in [9.17, 15) is 4.79 Å². The lowest BCUT2D eigenvalue weighted by Gasteiger charge is -2.08. The first-order valence-corrected chi connectivity index (χ1v) is 6.38. The van der Waals surface area contributed by atoms with E-state index >= 15 is 0 Å². The van der Waals surface area contributed by atoms with Gasteiger partial charge in [0.2, 0.25) is 0 Å². The number of amides is 1. The number of carbonyl (C=O) groups is 1. The van der Waals surface area contributed by atoms with Crippen LogP contribution in [0.5, 0.6) is 0 Å². The summed E-state index contributed by atoms with van der Waals surface area (Å²) >= 11 is 0. The Hall–Kier alpha value is -1.33. The van der Waals surface area contributed by atoms with Gasteiger partial charge in [0.15, 0.2) is 5.76 Å². The zero-order valence-corrected chi connectivity index (χ0v) is 10.7. The van der Waals surface area contributed by atoms with E-state index in [4.69, 9.17) is 15.0 Å². The highest BCUT2D eigenvalue weighted by Gasteiger charge is 2.16. The standard InChI is InChI=1S/C13H20N2O3/c1-9-11(6-12(18-9)13(16)15-14)8-17-7-10-4-2-3-5-10/h6,10H,2-5,7-8,14H2,1H3,(H,15,16). The predicted octanol–water partition coefficient (Wildman–Crippen LogP) is 1.90. The van der Waals surface area contributed by atoms with Gasteiger partial charge in [-0.1, -0.05) is 12.8 Å². The fourth-order valence-electron chi connectivity index (χ4n) is 2.36. The van der Waals surface area contributed by atoms with Gasteiger partial charge in [-0.2, -0.15) is 0 Å². The van der Waals surface area contributed by atoms with Gasteiger partial charge in [-0.3, -0.25) is 10.2 Å². The van der Waals surface area contributed by atoms with Gasteiger partial charge >= 0.3 is 5.91 Å². The van der Waals surface area contributed by atoms with Crippen molar-refractivity contribution in [2.75, 3.05) is 6.61 Å². The molecule has 18 heavy (non-hydrogen) atoms. The van der Waals surface area contributed by atoms with Gasteiger partial charge in [0, 0.05) is 12.2 Å². The number of rotatable bonds is 5. The summed E-state index contributed by atoms with van der Waals surface area (Å²) in [6.07, 6.45) is 5.18. The Morgan fingerprint density at radius 3 is 2.94 bits per heavy atom. The van der Waals surface area contributed by atoms with Gasteiger partial charge in [-0.25, -0.2) is 5.84 Å². The van der Waals surface area contributed by atoms with Crippen molar-refractivity contribution in [3.05, 3.63) is 23.2 Å². The monoisotopic (exact) mass is 252 g/mol. The van der Waals surface area contributed by atoms with E-state index in [1.165, 1.54) is 25.7 Å². The number of hydrazine groups is 1. The van der Waals surface area contributed by atoms with Gasteiger partial charge in [0.25, 0.3) is 0 Å². The van der Waals surface area contributed by atoms with E-state index in [1.807, 2.05) is 12.3 Å². The molecule has 1 amide bonds. The van der Waals surface area contributed by atoms with Gasteiger partial charge < -0.3 is 9.15 Å². The molecule has 1 aromatic heterocycles. The fraction of sp³-hybridized carbons (Fsp3) is 0.615. The van der Waals surface area contributed by atoms with E-state index in [-0.39, 0.29) is 5.76 Å². The van der Waals surface area contributed by atoms with Crippen LogP contribution in [0.3, 0.4) is 0 Å². The molecule has 1 fully saturated rings. The van der Waals surface area contributed by atoms with Crippen molar-refractivity contribution in [3.63, 3.8) is 0 Å². The number of furan rings is 1. The molecule has 0 saturated heterocycles. The van der Waals surface area contributed by atoms with Gasteiger partial charge in [0.05, 0.1) is 6.61 Å². The van der Waals surface area contributed by atoms with Crippen molar-refractivity contribution in [3.8, 4) is 0 Å². The Morgan fingerprint density at radius 2 is 2.28 bits per heavy atom. The molecule has 1 heterocycles. The van der Waals surface area contributed by atoms with Crippen molar-refractivity contribution >= 4 is 5.91 Å². The van der Waals surface area contributed by atoms with Crippen LogP contribution in [0, 0.1) is 12.8 Å². The summed E-state index contributed by atoms with van der Waals surface area (Å²) in [6.45, 7) is 3.11. The number of nitrogens with one attached hydrogen (secondary N) is 1. The van der Waals surface area contributed by atoms with E-state index in [2.05, 4.69) is 0 Å². The molecule has 5 nitrogen and oxygen atoms in total. The minimum atomic E-state index is -0.417. The molecule has 0 atom stereocenters. The maximum atomic E-state index is 11.3. The molecule has 3 N–H and O–H groups in total. The Balaban J connectivity index is 1.84. The maximum Gasteiger partial charge on any atom is 0.300 e. The average molecular weight is 252 g/mol. The molecular weight excluding hydrogens is 232 g/mol. The zero-order chi connectivity index (χ0) is 13.0. The topological polar surface area (TPSA) is 77.5 Å². The highest BCUT2D eigenvalue weighted by Crippen LogP contribution is 2.25. The van der Waals surface area contributed by atoms with Crippen molar-refractivity contribution in [2.24, 2.45) is 11.8 Å². The lowest BCUT2D eigenvalue weighted by Crippen LogP contribution is -2.29. The van der Waals surface area contributed by atoms with Gasteiger partial charge in [-0.15, -0.1) is 0 Å². The molecule has 1 aromatic rings. The first-order valence-electron chi connectivity index (χ1n) is 6.38. The molecule has 0 radical (unpaired) electrons. The minimum Gasteiger partial charge on any atom is -0.456 e. The highest BCUT2D eigenvalue weighted by molar-refractivity contribution is 5.91. The second-order valence-electron chi connectivity index (χ2n) is 4.83. The summed E-state index contributed by atoms with van der Waals surface area (Å²) in [5, 5.41) is 0. The molecular formula is C13H20N2O3. The zero-order valence-electron chi connectivity index (χ0n) is 10.7. The van der Waals surface area contributed by atoms with Crippen molar-refractivity contribution < 1.29 is 13.9 Å². The third-order valence-electron chi connectivity index (χ3n) is 3.46. The van der Waals surface area contributed by atoms with E-state index in [0.717, 1.165) is 12.2 Å². The second kappa shape index (κ2) is 6.02. The number of nitrogen functional groups attached to an aromatic ring is 1. The normalized spacial score (nSPS) is 16.1. The van der Waals surface area contributed by atoms with E-state index in [0.29, 0.717) is 18.3 Å². The molecule has 0 unspecified atom stereocenters. The van der Waals surface area contributed by atoms with Gasteiger partial charge in [0.1, 0.15) is 5.76 Å². The maximum absolute atomic E-state index is 11.3. The van der Waals surface area contributed by atoms with E-state index in [1.54, 1.807) is 6.07 Å². The molecule has 1 saturated carbocycles. The average Bonchev–Trinajstić information content (AvgIpc) is 2.99. The molecule has 5 heteroatoms. The number of hydrogen-bond acceptors (Lipinski definition) is 4. The Kier molecular flexibility index (Phi) is 4.38. The Morgan fingerprint density at radius 1 is 1.56 bits per heavy atom. The summed E-state index contributed by atoms with van der Waals surface area (Å²) in [4.78, 5) is 11.3. The van der Waals surface area contributed by atoms with Crippen molar-refractivity contribution in [2.45, 2.75) is 39.2 Å². The third-order valence-corrected chi connectivity index (χ3v) is 3.46. The first-order chi connectivity index (χ1) is 8.70. The smallest absolute Gasteiger partial charge is 0.300 e. The summed E-state index contributed by atoms with van der Waals surface area (Å²) < 4.78 is 11.0. The molecule has 2 rings (SSSR count). The number of hydrogen-bond donors (Lipinski definition) is 2. The van der Waals surface area contributed by atoms with Crippen LogP contribution >= 0.6 is 0 Å². The molecule has 0 aromatic carbocycles. The number of carbonyl (C=O) groups excluding carboxylic acids is 1. The number of nitrogens with two attached hydrogens (primary N) is 1. The summed E-state index contributed by atoms with van der Waals surface area (Å²) in [6, 6.07) is 1.69. The molecule has 0 spiro atoms. The van der Waals surface area contributed by atoms with Crippen molar-refractivity contribution in [1.29, 1.82) is 0 Å².